The molecule has 1 heteroatoms. The van der Waals surface area contributed by atoms with E-state index in [0.717, 1.165) is 0 Å². The highest BCUT2D eigenvalue weighted by atomic mass is 16.3. The molecule has 1 N–H and O–H groups in total. The maximum Gasteiger partial charge on any atom is 0.0470 e. The van der Waals surface area contributed by atoms with E-state index in [-0.39, 0.29) is 0 Å². The number of fused-ring (bicyclic) bond motifs is 1. The fraction of sp³-hybridized carbons (Fsp3) is 0.400. The monoisotopic (exact) mass is 148 g/mol. The van der Waals surface area contributed by atoms with Gasteiger partial charge in [0.05, 0.1) is 0 Å². The van der Waals surface area contributed by atoms with Crippen LogP contribution in [0.2, 0.25) is 0 Å². The third kappa shape index (κ3) is 1.16. The van der Waals surface area contributed by atoms with Gasteiger partial charge >= 0.3 is 0 Å². The summed E-state index contributed by atoms with van der Waals surface area (Å²) in [6, 6.07) is 0. The Kier molecular flexibility index (Phi) is 1.66. The van der Waals surface area contributed by atoms with Crippen molar-refractivity contribution in [1.29, 1.82) is 0 Å². The molecule has 1 saturated carbocycles. The zero-order valence-corrected chi connectivity index (χ0v) is 6.35. The third-order valence-electron chi connectivity index (χ3n) is 2.50. The number of aliphatic hydroxyl groups is 1. The Hall–Kier alpha value is -0.820. The molecular weight excluding hydrogens is 136 g/mol. The molecule has 0 amide bonds. The summed E-state index contributed by atoms with van der Waals surface area (Å²) in [6.07, 6.45) is 12.6. The van der Waals surface area contributed by atoms with Crippen molar-refractivity contribution >= 4 is 0 Å². The molecule has 0 aromatic rings. The van der Waals surface area contributed by atoms with Gasteiger partial charge in [-0.25, -0.2) is 0 Å². The smallest absolute Gasteiger partial charge is 0.0470 e. The molecule has 0 radical (unpaired) electrons. The lowest BCUT2D eigenvalue weighted by molar-refractivity contribution is 0.269. The largest absolute Gasteiger partial charge is 0.396 e. The van der Waals surface area contributed by atoms with Gasteiger partial charge in [-0.1, -0.05) is 36.5 Å². The van der Waals surface area contributed by atoms with Crippen LogP contribution in [-0.4, -0.2) is 11.7 Å². The second-order valence-corrected chi connectivity index (χ2v) is 3.16. The van der Waals surface area contributed by atoms with Crippen molar-refractivity contribution in [3.8, 4) is 0 Å². The SMILES string of the molecule is OCC1C2\C=C/C=C\C=C/C21. The van der Waals surface area contributed by atoms with Crippen molar-refractivity contribution in [2.75, 3.05) is 6.61 Å². The number of allylic oxidation sites excluding steroid dienone is 6. The second-order valence-electron chi connectivity index (χ2n) is 3.16. The molecule has 58 valence electrons. The van der Waals surface area contributed by atoms with Crippen molar-refractivity contribution in [3.05, 3.63) is 36.5 Å². The molecule has 1 fully saturated rings. The first-order chi connectivity index (χ1) is 5.43. The van der Waals surface area contributed by atoms with Crippen molar-refractivity contribution in [2.24, 2.45) is 17.8 Å². The molecule has 2 rings (SSSR count). The van der Waals surface area contributed by atoms with Crippen LogP contribution < -0.4 is 0 Å². The van der Waals surface area contributed by atoms with Crippen LogP contribution in [-0.2, 0) is 0 Å². The van der Waals surface area contributed by atoms with Crippen LogP contribution in [0.25, 0.3) is 0 Å². The minimum Gasteiger partial charge on any atom is -0.396 e. The molecule has 11 heavy (non-hydrogen) atoms. The van der Waals surface area contributed by atoms with E-state index >= 15 is 0 Å². The Morgan fingerprint density at radius 2 is 1.45 bits per heavy atom. The quantitative estimate of drug-likeness (QED) is 0.597. The van der Waals surface area contributed by atoms with Crippen LogP contribution >= 0.6 is 0 Å². The molecule has 0 bridgehead atoms. The average Bonchev–Trinajstić information content (AvgIpc) is 2.60. The highest BCUT2D eigenvalue weighted by molar-refractivity contribution is 5.24. The molecule has 0 aliphatic heterocycles. The number of hydrogen-bond acceptors (Lipinski definition) is 1. The van der Waals surface area contributed by atoms with E-state index < -0.39 is 0 Å². The molecule has 0 saturated heterocycles. The summed E-state index contributed by atoms with van der Waals surface area (Å²) in [6.45, 7) is 0.323. The van der Waals surface area contributed by atoms with Gasteiger partial charge in [0, 0.05) is 6.61 Å². The minimum atomic E-state index is 0.323. The predicted octanol–water partition coefficient (Wildman–Crippen LogP) is 1.52. The zero-order valence-electron chi connectivity index (χ0n) is 6.35. The van der Waals surface area contributed by atoms with E-state index in [2.05, 4.69) is 24.3 Å². The molecule has 2 atom stereocenters. The van der Waals surface area contributed by atoms with Gasteiger partial charge in [0.1, 0.15) is 0 Å². The average molecular weight is 148 g/mol. The number of rotatable bonds is 1. The van der Waals surface area contributed by atoms with Crippen molar-refractivity contribution < 1.29 is 5.11 Å². The topological polar surface area (TPSA) is 20.2 Å². The fourth-order valence-electron chi connectivity index (χ4n) is 1.73. The molecule has 2 unspecified atom stereocenters. The van der Waals surface area contributed by atoms with Crippen LogP contribution in [0.5, 0.6) is 0 Å². The van der Waals surface area contributed by atoms with Gasteiger partial charge in [-0.05, 0) is 17.8 Å². The summed E-state index contributed by atoms with van der Waals surface area (Å²) in [4.78, 5) is 0. The Morgan fingerprint density at radius 1 is 0.909 bits per heavy atom. The van der Waals surface area contributed by atoms with Crippen molar-refractivity contribution in [3.63, 3.8) is 0 Å². The van der Waals surface area contributed by atoms with Gasteiger partial charge in [-0.2, -0.15) is 0 Å². The number of hydrogen-bond donors (Lipinski definition) is 1. The van der Waals surface area contributed by atoms with Crippen molar-refractivity contribution in [1.82, 2.24) is 0 Å². The molecule has 0 spiro atoms. The molecule has 2 aliphatic carbocycles. The Balaban J connectivity index is 2.12. The Labute approximate surface area is 66.7 Å². The molecule has 0 aromatic heterocycles. The summed E-state index contributed by atoms with van der Waals surface area (Å²) in [5.41, 5.74) is 0. The lowest BCUT2D eigenvalue weighted by atomic mass is 10.2. The molecule has 2 aliphatic rings. The van der Waals surface area contributed by atoms with Gasteiger partial charge in [0.15, 0.2) is 0 Å². The zero-order chi connectivity index (χ0) is 7.68. The Morgan fingerprint density at radius 3 is 1.91 bits per heavy atom. The van der Waals surface area contributed by atoms with Crippen molar-refractivity contribution in [2.45, 2.75) is 0 Å². The second kappa shape index (κ2) is 2.67. The standard InChI is InChI=1S/C10H12O/c11-7-10-8-5-3-1-2-4-6-9(8)10/h1-6,8-11H,7H2/b2-1-,5-3-,6-4-. The summed E-state index contributed by atoms with van der Waals surface area (Å²) in [5, 5.41) is 8.93. The first-order valence-electron chi connectivity index (χ1n) is 4.06. The van der Waals surface area contributed by atoms with Crippen LogP contribution in [0.1, 0.15) is 0 Å². The highest BCUT2D eigenvalue weighted by Gasteiger charge is 2.45. The summed E-state index contributed by atoms with van der Waals surface area (Å²) in [5.74, 6) is 1.68. The van der Waals surface area contributed by atoms with Gasteiger partial charge in [-0.3, -0.25) is 0 Å². The fourth-order valence-corrected chi connectivity index (χ4v) is 1.73. The van der Waals surface area contributed by atoms with Gasteiger partial charge in [0.2, 0.25) is 0 Å². The van der Waals surface area contributed by atoms with E-state index in [4.69, 9.17) is 5.11 Å². The minimum absolute atomic E-state index is 0.323. The summed E-state index contributed by atoms with van der Waals surface area (Å²) >= 11 is 0. The van der Waals surface area contributed by atoms with E-state index in [1.807, 2.05) is 12.2 Å². The molecular formula is C10H12O. The lowest BCUT2D eigenvalue weighted by Gasteiger charge is -1.85. The maximum absolute atomic E-state index is 8.93. The summed E-state index contributed by atoms with van der Waals surface area (Å²) < 4.78 is 0. The first-order valence-corrected chi connectivity index (χ1v) is 4.06. The van der Waals surface area contributed by atoms with E-state index in [1.165, 1.54) is 0 Å². The normalized spacial score (nSPS) is 48.3. The maximum atomic E-state index is 8.93. The molecule has 1 nitrogen and oxygen atoms in total. The van der Waals surface area contributed by atoms with Gasteiger partial charge in [-0.15, -0.1) is 0 Å². The van der Waals surface area contributed by atoms with E-state index in [9.17, 15) is 0 Å². The van der Waals surface area contributed by atoms with Crippen LogP contribution in [0.15, 0.2) is 36.5 Å². The molecule has 0 heterocycles. The molecule has 0 aromatic carbocycles. The van der Waals surface area contributed by atoms with Crippen LogP contribution in [0, 0.1) is 17.8 Å². The first kappa shape index (κ1) is 6.86. The van der Waals surface area contributed by atoms with E-state index in [0.29, 0.717) is 24.4 Å². The van der Waals surface area contributed by atoms with E-state index in [1.54, 1.807) is 0 Å². The Bertz CT molecular complexity index is 203. The predicted molar refractivity (Wildman–Crippen MR) is 45.0 cm³/mol. The third-order valence-corrected chi connectivity index (χ3v) is 2.50. The lowest BCUT2D eigenvalue weighted by Crippen LogP contribution is -1.86. The highest BCUT2D eigenvalue weighted by Crippen LogP contribution is 2.48. The summed E-state index contributed by atoms with van der Waals surface area (Å²) in [7, 11) is 0. The van der Waals surface area contributed by atoms with Crippen LogP contribution in [0.4, 0.5) is 0 Å². The van der Waals surface area contributed by atoms with Gasteiger partial charge < -0.3 is 5.11 Å². The van der Waals surface area contributed by atoms with Gasteiger partial charge in [0.25, 0.3) is 0 Å². The number of aliphatic hydroxyl groups excluding tert-OH is 1. The van der Waals surface area contributed by atoms with Crippen LogP contribution in [0.3, 0.4) is 0 Å².